The van der Waals surface area contributed by atoms with Crippen LogP contribution >= 0.6 is 11.8 Å². The summed E-state index contributed by atoms with van der Waals surface area (Å²) >= 11 is 1.64. The Kier molecular flexibility index (Phi) is 7.14. The number of hydrogen-bond acceptors (Lipinski definition) is 5. The van der Waals surface area contributed by atoms with Gasteiger partial charge < -0.3 is 19.8 Å². The quantitative estimate of drug-likeness (QED) is 0.482. The lowest BCUT2D eigenvalue weighted by molar-refractivity contribution is -0.145. The van der Waals surface area contributed by atoms with E-state index in [1.54, 1.807) is 52.6 Å². The zero-order valence-corrected chi connectivity index (χ0v) is 23.7. The Morgan fingerprint density at radius 3 is 2.49 bits per heavy atom. The maximum Gasteiger partial charge on any atom is 0.251 e. The summed E-state index contributed by atoms with van der Waals surface area (Å²) in [6.45, 7) is 11.9. The van der Waals surface area contributed by atoms with Gasteiger partial charge in [0.05, 0.1) is 29.2 Å². The largest absolute Gasteiger partial charge is 0.394 e. The molecule has 5 rings (SSSR count). The van der Waals surface area contributed by atoms with Crippen molar-refractivity contribution < 1.29 is 19.5 Å². The lowest BCUT2D eigenvalue weighted by atomic mass is 9.66. The molecule has 3 amide bonds. The summed E-state index contributed by atoms with van der Waals surface area (Å²) in [7, 11) is 1.73. The van der Waals surface area contributed by atoms with Crippen molar-refractivity contribution in [3.05, 3.63) is 67.8 Å². The van der Waals surface area contributed by atoms with Crippen molar-refractivity contribution in [2.75, 3.05) is 31.6 Å². The lowest BCUT2D eigenvalue weighted by Gasteiger charge is -2.39. The van der Waals surface area contributed by atoms with Crippen LogP contribution in [0.2, 0.25) is 0 Å². The van der Waals surface area contributed by atoms with Crippen molar-refractivity contribution >= 4 is 45.9 Å². The third-order valence-electron chi connectivity index (χ3n) is 8.86. The van der Waals surface area contributed by atoms with Crippen LogP contribution in [0.25, 0.3) is 10.8 Å². The predicted octanol–water partition coefficient (Wildman–Crippen LogP) is 3.87. The number of aliphatic hydroxyl groups excluding tert-OH is 1. The van der Waals surface area contributed by atoms with Gasteiger partial charge in [0.25, 0.3) is 5.91 Å². The van der Waals surface area contributed by atoms with Crippen LogP contribution in [0, 0.1) is 11.8 Å². The van der Waals surface area contributed by atoms with Gasteiger partial charge in [-0.15, -0.1) is 24.9 Å². The first-order valence-corrected chi connectivity index (χ1v) is 14.4. The Balaban J connectivity index is 1.61. The van der Waals surface area contributed by atoms with Crippen LogP contribution in [0.1, 0.15) is 26.7 Å². The predicted molar refractivity (Wildman–Crippen MR) is 156 cm³/mol. The highest BCUT2D eigenvalue weighted by atomic mass is 32.2. The molecule has 2 aromatic carbocycles. The average Bonchev–Trinajstić information content (AvgIpc) is 3.51. The van der Waals surface area contributed by atoms with E-state index in [0.717, 1.165) is 22.9 Å². The van der Waals surface area contributed by atoms with Crippen LogP contribution in [-0.2, 0) is 14.4 Å². The van der Waals surface area contributed by atoms with E-state index in [-0.39, 0.29) is 30.9 Å². The first kappa shape index (κ1) is 27.5. The van der Waals surface area contributed by atoms with Gasteiger partial charge in [-0.25, -0.2) is 0 Å². The van der Waals surface area contributed by atoms with E-state index in [0.29, 0.717) is 13.0 Å². The van der Waals surface area contributed by atoms with Crippen LogP contribution in [0.3, 0.4) is 0 Å². The number of carbonyl (C=O) groups is 3. The molecule has 3 fully saturated rings. The Hall–Kier alpha value is -3.10. The van der Waals surface area contributed by atoms with E-state index in [1.807, 2.05) is 42.5 Å². The Labute approximate surface area is 234 Å². The van der Waals surface area contributed by atoms with Crippen molar-refractivity contribution in [3.8, 4) is 0 Å². The SMILES string of the molecule is C=CCN(C)C(=O)[C@@H]1[C@H]2C(=O)N([C@H](C)CO)C(C(=O)N(CC=C)c3ccc4ccccc4c3)C23CC[C@@]1(C)S3. The molecular formula is C31H37N3O4S. The summed E-state index contributed by atoms with van der Waals surface area (Å²) in [5.41, 5.74) is 0.726. The molecule has 1 N–H and O–H groups in total. The monoisotopic (exact) mass is 547 g/mol. The van der Waals surface area contributed by atoms with E-state index >= 15 is 0 Å². The molecule has 0 saturated carbocycles. The molecule has 2 unspecified atom stereocenters. The molecule has 0 aromatic heterocycles. The minimum atomic E-state index is -0.807. The Bertz CT molecular complexity index is 1350. The standard InChI is InChI=1S/C31H37N3O4S/c1-6-16-32(5)27(36)24-25-28(37)34(20(3)19-35)26(31(25)15-14-30(24,4)39-31)29(38)33(17-7-2)23-13-12-21-10-8-9-11-22(21)18-23/h6-13,18,20,24-26,35H,1-2,14-17,19H2,3-5H3/t20-,24+,25+,26?,30-,31?/m1/s1. The van der Waals surface area contributed by atoms with Gasteiger partial charge in [0.15, 0.2) is 0 Å². The molecule has 206 valence electrons. The van der Waals surface area contributed by atoms with Crippen LogP contribution in [0.5, 0.6) is 0 Å². The minimum absolute atomic E-state index is 0.0907. The molecule has 0 radical (unpaired) electrons. The van der Waals surface area contributed by atoms with E-state index in [9.17, 15) is 19.5 Å². The van der Waals surface area contributed by atoms with Gasteiger partial charge in [-0.1, -0.05) is 42.5 Å². The summed E-state index contributed by atoms with van der Waals surface area (Å²) in [4.78, 5) is 47.6. The van der Waals surface area contributed by atoms with E-state index in [4.69, 9.17) is 0 Å². The fourth-order valence-electron chi connectivity index (χ4n) is 7.05. The van der Waals surface area contributed by atoms with Gasteiger partial charge in [0.2, 0.25) is 11.8 Å². The number of hydrogen-bond donors (Lipinski definition) is 1. The number of likely N-dealkylation sites (tertiary alicyclic amines) is 1. The maximum absolute atomic E-state index is 14.7. The first-order chi connectivity index (χ1) is 18.6. The second-order valence-corrected chi connectivity index (χ2v) is 13.2. The molecule has 7 nitrogen and oxygen atoms in total. The zero-order chi connectivity index (χ0) is 28.1. The average molecular weight is 548 g/mol. The number of anilines is 1. The highest BCUT2D eigenvalue weighted by Gasteiger charge is 2.77. The van der Waals surface area contributed by atoms with Gasteiger partial charge in [0.1, 0.15) is 6.04 Å². The van der Waals surface area contributed by atoms with Gasteiger partial charge in [-0.3, -0.25) is 14.4 Å². The number of amides is 3. The summed E-state index contributed by atoms with van der Waals surface area (Å²) in [5, 5.41) is 12.3. The van der Waals surface area contributed by atoms with Crippen molar-refractivity contribution in [1.82, 2.24) is 9.80 Å². The molecule has 2 aromatic rings. The van der Waals surface area contributed by atoms with Crippen LogP contribution < -0.4 is 4.90 Å². The second-order valence-electron chi connectivity index (χ2n) is 11.3. The molecule has 1 spiro atoms. The van der Waals surface area contributed by atoms with Crippen molar-refractivity contribution in [1.29, 1.82) is 0 Å². The molecule has 0 aliphatic carbocycles. The molecule has 3 aliphatic rings. The molecule has 39 heavy (non-hydrogen) atoms. The van der Waals surface area contributed by atoms with Crippen molar-refractivity contribution in [2.45, 2.75) is 48.3 Å². The topological polar surface area (TPSA) is 81.2 Å². The maximum atomic E-state index is 14.7. The highest BCUT2D eigenvalue weighted by molar-refractivity contribution is 8.02. The smallest absolute Gasteiger partial charge is 0.251 e. The minimum Gasteiger partial charge on any atom is -0.394 e. The van der Waals surface area contributed by atoms with Gasteiger partial charge in [-0.05, 0) is 49.6 Å². The molecule has 2 bridgehead atoms. The van der Waals surface area contributed by atoms with E-state index < -0.39 is 33.4 Å². The van der Waals surface area contributed by atoms with Crippen LogP contribution in [0.15, 0.2) is 67.8 Å². The number of benzene rings is 2. The summed E-state index contributed by atoms with van der Waals surface area (Å²) in [5.74, 6) is -1.69. The third kappa shape index (κ3) is 4.11. The number of nitrogens with zero attached hydrogens (tertiary/aromatic N) is 3. The second kappa shape index (κ2) is 10.1. The molecule has 3 heterocycles. The van der Waals surface area contributed by atoms with Gasteiger partial charge in [-0.2, -0.15) is 0 Å². The Morgan fingerprint density at radius 2 is 1.82 bits per heavy atom. The fourth-order valence-corrected chi connectivity index (χ4v) is 9.38. The van der Waals surface area contributed by atoms with E-state index in [2.05, 4.69) is 20.1 Å². The zero-order valence-electron chi connectivity index (χ0n) is 22.9. The molecule has 3 aliphatic heterocycles. The van der Waals surface area contributed by atoms with Crippen LogP contribution in [-0.4, -0.2) is 80.9 Å². The fraction of sp³-hybridized carbons (Fsp3) is 0.452. The number of rotatable bonds is 9. The van der Waals surface area contributed by atoms with Gasteiger partial charge >= 0.3 is 0 Å². The number of carbonyl (C=O) groups excluding carboxylic acids is 3. The number of fused-ring (bicyclic) bond motifs is 2. The normalized spacial score (nSPS) is 29.8. The first-order valence-electron chi connectivity index (χ1n) is 13.5. The third-order valence-corrected chi connectivity index (χ3v) is 10.8. The lowest BCUT2D eigenvalue weighted by Crippen LogP contribution is -2.57. The molecule has 3 saturated heterocycles. The van der Waals surface area contributed by atoms with E-state index in [1.165, 1.54) is 0 Å². The van der Waals surface area contributed by atoms with Crippen molar-refractivity contribution in [3.63, 3.8) is 0 Å². The summed E-state index contributed by atoms with van der Waals surface area (Å²) in [6.07, 6.45) is 4.76. The summed E-state index contributed by atoms with van der Waals surface area (Å²) in [6, 6.07) is 12.5. The highest BCUT2D eigenvalue weighted by Crippen LogP contribution is 2.71. The number of likely N-dealkylation sites (N-methyl/N-ethyl adjacent to an activating group) is 1. The summed E-state index contributed by atoms with van der Waals surface area (Å²) < 4.78 is -1.20. The molecule has 8 heteroatoms. The van der Waals surface area contributed by atoms with Gasteiger partial charge in [0, 0.05) is 30.6 Å². The molecular weight excluding hydrogens is 510 g/mol. The van der Waals surface area contributed by atoms with Crippen LogP contribution in [0.4, 0.5) is 5.69 Å². The molecule has 6 atom stereocenters. The number of thioether (sulfide) groups is 1. The number of aliphatic hydroxyl groups is 1. The van der Waals surface area contributed by atoms with Crippen molar-refractivity contribution in [2.24, 2.45) is 11.8 Å². The Morgan fingerprint density at radius 1 is 1.13 bits per heavy atom.